The lowest BCUT2D eigenvalue weighted by molar-refractivity contribution is -0.0214. The van der Waals surface area contributed by atoms with E-state index in [1.807, 2.05) is 10.8 Å². The second kappa shape index (κ2) is 3.28. The van der Waals surface area contributed by atoms with Crippen molar-refractivity contribution in [3.05, 3.63) is 12.4 Å². The molecule has 1 saturated heterocycles. The molecule has 14 heavy (non-hydrogen) atoms. The zero-order chi connectivity index (χ0) is 10.2. The van der Waals surface area contributed by atoms with Crippen LogP contribution < -0.4 is 5.73 Å². The van der Waals surface area contributed by atoms with Gasteiger partial charge in [-0.25, -0.2) is 4.98 Å². The van der Waals surface area contributed by atoms with E-state index in [0.29, 0.717) is 5.95 Å². The molecule has 2 rings (SSSR count). The quantitative estimate of drug-likeness (QED) is 0.776. The molecule has 1 aliphatic rings. The Balaban J connectivity index is 1.97. The highest BCUT2D eigenvalue weighted by Crippen LogP contribution is 2.30. The summed E-state index contributed by atoms with van der Waals surface area (Å²) in [4.78, 5) is 3.98. The smallest absolute Gasteiger partial charge is 0.200 e. The predicted octanol–water partition coefficient (Wildman–Crippen LogP) is 1.42. The molecule has 0 saturated carbocycles. The van der Waals surface area contributed by atoms with Gasteiger partial charge in [-0.05, 0) is 26.7 Å². The molecule has 0 bridgehead atoms. The van der Waals surface area contributed by atoms with Gasteiger partial charge in [0.05, 0.1) is 18.2 Å². The normalized spacial score (nSPS) is 25.4. The van der Waals surface area contributed by atoms with Crippen LogP contribution in [0.1, 0.15) is 26.7 Å². The number of nitrogen functional groups attached to an aromatic ring is 1. The van der Waals surface area contributed by atoms with Crippen molar-refractivity contribution < 1.29 is 4.74 Å². The molecule has 1 aromatic heterocycles. The molecule has 1 fully saturated rings. The molecule has 0 aromatic carbocycles. The first-order valence-corrected chi connectivity index (χ1v) is 5.01. The van der Waals surface area contributed by atoms with Crippen LogP contribution in [0.15, 0.2) is 12.4 Å². The standard InChI is InChI=1S/C10H17N3O/c1-10(2)4-3-8(14-10)7-13-6-5-12-9(13)11/h5-6,8H,3-4,7H2,1-2H3,(H2,11,12). The van der Waals surface area contributed by atoms with Crippen molar-refractivity contribution in [1.29, 1.82) is 0 Å². The Kier molecular flexibility index (Phi) is 2.23. The number of hydrogen-bond donors (Lipinski definition) is 1. The fourth-order valence-electron chi connectivity index (χ4n) is 1.92. The Labute approximate surface area is 84.1 Å². The average Bonchev–Trinajstić information content (AvgIpc) is 2.61. The van der Waals surface area contributed by atoms with Crippen molar-refractivity contribution in [2.45, 2.75) is 44.9 Å². The minimum Gasteiger partial charge on any atom is -0.370 e. The summed E-state index contributed by atoms with van der Waals surface area (Å²) in [6.45, 7) is 5.07. The monoisotopic (exact) mass is 195 g/mol. The highest BCUT2D eigenvalue weighted by molar-refractivity contribution is 5.16. The van der Waals surface area contributed by atoms with Crippen LogP contribution in [0.2, 0.25) is 0 Å². The molecule has 4 nitrogen and oxygen atoms in total. The molecule has 1 aromatic rings. The first-order chi connectivity index (χ1) is 6.57. The molecule has 2 N–H and O–H groups in total. The van der Waals surface area contributed by atoms with E-state index in [9.17, 15) is 0 Å². The van der Waals surface area contributed by atoms with Gasteiger partial charge in [-0.3, -0.25) is 0 Å². The highest BCUT2D eigenvalue weighted by atomic mass is 16.5. The molecule has 2 heterocycles. The van der Waals surface area contributed by atoms with Gasteiger partial charge < -0.3 is 15.0 Å². The van der Waals surface area contributed by atoms with Crippen molar-refractivity contribution in [2.75, 3.05) is 5.73 Å². The van der Waals surface area contributed by atoms with Gasteiger partial charge >= 0.3 is 0 Å². The molecule has 1 aliphatic heterocycles. The summed E-state index contributed by atoms with van der Waals surface area (Å²) < 4.78 is 7.81. The third-order valence-corrected chi connectivity index (χ3v) is 2.70. The molecular formula is C10H17N3O. The third kappa shape index (κ3) is 1.90. The van der Waals surface area contributed by atoms with Crippen molar-refractivity contribution in [3.63, 3.8) is 0 Å². The minimum absolute atomic E-state index is 0.0278. The molecule has 0 amide bonds. The SMILES string of the molecule is CC1(C)CCC(Cn2ccnc2N)O1. The summed E-state index contributed by atoms with van der Waals surface area (Å²) in [7, 11) is 0. The number of nitrogens with zero attached hydrogens (tertiary/aromatic N) is 2. The van der Waals surface area contributed by atoms with E-state index in [-0.39, 0.29) is 11.7 Å². The van der Waals surface area contributed by atoms with E-state index in [1.165, 1.54) is 0 Å². The molecular weight excluding hydrogens is 178 g/mol. The number of aromatic nitrogens is 2. The molecule has 0 spiro atoms. The van der Waals surface area contributed by atoms with Crippen LogP contribution in [-0.2, 0) is 11.3 Å². The predicted molar refractivity (Wildman–Crippen MR) is 54.8 cm³/mol. The van der Waals surface area contributed by atoms with E-state index in [2.05, 4.69) is 18.8 Å². The van der Waals surface area contributed by atoms with Crippen LogP contribution in [0.3, 0.4) is 0 Å². The van der Waals surface area contributed by atoms with E-state index in [0.717, 1.165) is 19.4 Å². The van der Waals surface area contributed by atoms with Gasteiger partial charge in [0.15, 0.2) is 5.95 Å². The van der Waals surface area contributed by atoms with Gasteiger partial charge in [-0.2, -0.15) is 0 Å². The summed E-state index contributed by atoms with van der Waals surface area (Å²) in [5.74, 6) is 0.568. The molecule has 78 valence electrons. The Morgan fingerprint density at radius 3 is 3.00 bits per heavy atom. The second-order valence-corrected chi connectivity index (χ2v) is 4.48. The van der Waals surface area contributed by atoms with Gasteiger partial charge in [0.1, 0.15) is 0 Å². The van der Waals surface area contributed by atoms with Crippen LogP contribution >= 0.6 is 0 Å². The topological polar surface area (TPSA) is 53.1 Å². The fraction of sp³-hybridized carbons (Fsp3) is 0.700. The van der Waals surface area contributed by atoms with Crippen LogP contribution in [0, 0.1) is 0 Å². The largest absolute Gasteiger partial charge is 0.370 e. The zero-order valence-corrected chi connectivity index (χ0v) is 8.73. The maximum Gasteiger partial charge on any atom is 0.200 e. The number of ether oxygens (including phenoxy) is 1. The van der Waals surface area contributed by atoms with E-state index >= 15 is 0 Å². The lowest BCUT2D eigenvalue weighted by Gasteiger charge is -2.19. The number of hydrogen-bond acceptors (Lipinski definition) is 3. The number of imidazole rings is 1. The van der Waals surface area contributed by atoms with Gasteiger partial charge in [0.25, 0.3) is 0 Å². The zero-order valence-electron chi connectivity index (χ0n) is 8.73. The molecule has 1 atom stereocenters. The van der Waals surface area contributed by atoms with Gasteiger partial charge in [0.2, 0.25) is 0 Å². The Morgan fingerprint density at radius 1 is 1.71 bits per heavy atom. The van der Waals surface area contributed by atoms with Crippen molar-refractivity contribution in [2.24, 2.45) is 0 Å². The third-order valence-electron chi connectivity index (χ3n) is 2.70. The van der Waals surface area contributed by atoms with Crippen molar-refractivity contribution in [1.82, 2.24) is 9.55 Å². The lowest BCUT2D eigenvalue weighted by atomic mass is 10.1. The molecule has 0 aliphatic carbocycles. The van der Waals surface area contributed by atoms with E-state index in [4.69, 9.17) is 10.5 Å². The van der Waals surface area contributed by atoms with E-state index < -0.39 is 0 Å². The summed E-state index contributed by atoms with van der Waals surface area (Å²) >= 11 is 0. The van der Waals surface area contributed by atoms with Gasteiger partial charge in [-0.15, -0.1) is 0 Å². The van der Waals surface area contributed by atoms with Crippen molar-refractivity contribution in [3.8, 4) is 0 Å². The van der Waals surface area contributed by atoms with Gasteiger partial charge in [-0.1, -0.05) is 0 Å². The van der Waals surface area contributed by atoms with Crippen LogP contribution in [0.4, 0.5) is 5.95 Å². The fourth-order valence-corrected chi connectivity index (χ4v) is 1.92. The highest BCUT2D eigenvalue weighted by Gasteiger charge is 2.31. The molecule has 0 radical (unpaired) electrons. The van der Waals surface area contributed by atoms with Crippen LogP contribution in [0.5, 0.6) is 0 Å². The van der Waals surface area contributed by atoms with E-state index in [1.54, 1.807) is 6.20 Å². The number of anilines is 1. The lowest BCUT2D eigenvalue weighted by Crippen LogP contribution is -2.23. The number of nitrogens with two attached hydrogens (primary N) is 1. The summed E-state index contributed by atoms with van der Waals surface area (Å²) in [5, 5.41) is 0. The maximum absolute atomic E-state index is 5.87. The number of rotatable bonds is 2. The first-order valence-electron chi connectivity index (χ1n) is 5.01. The van der Waals surface area contributed by atoms with Crippen LogP contribution in [-0.4, -0.2) is 21.3 Å². The minimum atomic E-state index is 0.0278. The first kappa shape index (κ1) is 9.52. The average molecular weight is 195 g/mol. The Bertz CT molecular complexity index is 319. The summed E-state index contributed by atoms with van der Waals surface area (Å²) in [6.07, 6.45) is 6.11. The summed E-state index contributed by atoms with van der Waals surface area (Å²) in [6, 6.07) is 0. The van der Waals surface area contributed by atoms with Crippen molar-refractivity contribution >= 4 is 5.95 Å². The molecule has 1 unspecified atom stereocenters. The van der Waals surface area contributed by atoms with Gasteiger partial charge in [0, 0.05) is 12.4 Å². The molecule has 4 heteroatoms. The maximum atomic E-state index is 5.87. The Hall–Kier alpha value is -1.03. The Morgan fingerprint density at radius 2 is 2.50 bits per heavy atom. The van der Waals surface area contributed by atoms with Crippen LogP contribution in [0.25, 0.3) is 0 Å². The second-order valence-electron chi connectivity index (χ2n) is 4.48. The summed E-state index contributed by atoms with van der Waals surface area (Å²) in [5.41, 5.74) is 5.71.